The van der Waals surface area contributed by atoms with Gasteiger partial charge in [-0.15, -0.1) is 0 Å². The van der Waals surface area contributed by atoms with Crippen molar-refractivity contribution in [2.45, 2.75) is 55.9 Å². The summed E-state index contributed by atoms with van der Waals surface area (Å²) in [6, 6.07) is 3.21. The van der Waals surface area contributed by atoms with Crippen LogP contribution in [0.15, 0.2) is 16.6 Å². The molecule has 6 rings (SSSR count). The molecule has 4 saturated heterocycles. The molecule has 0 aliphatic carbocycles. The first kappa shape index (κ1) is 22.2. The van der Waals surface area contributed by atoms with E-state index in [1.165, 1.54) is 4.90 Å². The average Bonchev–Trinajstić information content (AvgIpc) is 3.42. The standard InChI is InChI=1S/C23H26BrF2N5O3/c24-17-5-4-16-19(18(17)26)27-21(34-12-23-6-1-7-30(23)9-13(25)8-23)28-20(16)29-10-14-2-3-15(11-29)31(14)22(32)33/h4-5,13-15H,1-3,6-12H2,(H,32,33)/t13-,14-,15+,23+/m1/s1. The van der Waals surface area contributed by atoms with Crippen molar-refractivity contribution in [3.8, 4) is 6.01 Å². The molecule has 8 nitrogen and oxygen atoms in total. The number of halogens is 3. The maximum Gasteiger partial charge on any atom is 0.407 e. The van der Waals surface area contributed by atoms with Gasteiger partial charge in [0, 0.05) is 31.4 Å². The maximum absolute atomic E-state index is 15.1. The Morgan fingerprint density at radius 2 is 2.00 bits per heavy atom. The van der Waals surface area contributed by atoms with E-state index < -0.39 is 18.1 Å². The van der Waals surface area contributed by atoms with Crippen molar-refractivity contribution in [1.82, 2.24) is 19.8 Å². The Morgan fingerprint density at radius 1 is 1.24 bits per heavy atom. The molecule has 34 heavy (non-hydrogen) atoms. The second-order valence-corrected chi connectivity index (χ2v) is 10.8. The fraction of sp³-hybridized carbons (Fsp3) is 0.609. The zero-order chi connectivity index (χ0) is 23.6. The zero-order valence-corrected chi connectivity index (χ0v) is 20.2. The number of ether oxygens (including phenoxy) is 1. The number of anilines is 1. The third kappa shape index (κ3) is 3.50. The molecule has 0 radical (unpaired) electrons. The van der Waals surface area contributed by atoms with Crippen LogP contribution in [0.2, 0.25) is 0 Å². The van der Waals surface area contributed by atoms with Gasteiger partial charge in [-0.3, -0.25) is 9.80 Å². The Labute approximate surface area is 204 Å². The summed E-state index contributed by atoms with van der Waals surface area (Å²) in [6.45, 7) is 2.49. The van der Waals surface area contributed by atoms with Gasteiger partial charge in [-0.2, -0.15) is 9.97 Å². The molecule has 0 spiro atoms. The maximum atomic E-state index is 15.1. The number of amides is 1. The van der Waals surface area contributed by atoms with E-state index in [2.05, 4.69) is 30.8 Å². The number of nitrogens with zero attached hydrogens (tertiary/aromatic N) is 5. The molecule has 1 N–H and O–H groups in total. The van der Waals surface area contributed by atoms with Crippen molar-refractivity contribution >= 4 is 38.7 Å². The summed E-state index contributed by atoms with van der Waals surface area (Å²) in [5.41, 5.74) is -0.210. The zero-order valence-electron chi connectivity index (χ0n) is 18.6. The number of hydrogen-bond donors (Lipinski definition) is 1. The minimum absolute atomic E-state index is 0.0658. The highest BCUT2D eigenvalue weighted by Crippen LogP contribution is 2.41. The van der Waals surface area contributed by atoms with E-state index in [-0.39, 0.29) is 35.8 Å². The van der Waals surface area contributed by atoms with Crippen LogP contribution in [-0.4, -0.2) is 87.5 Å². The number of rotatable bonds is 4. The SMILES string of the molecule is O=C(O)N1[C@@H]2CC[C@H]1CN(c1nc(OC[C@@]34CCCN3C[C@H](F)C4)nc3c(F)c(Br)ccc13)C2. The molecule has 4 aliphatic rings. The predicted octanol–water partition coefficient (Wildman–Crippen LogP) is 3.82. The summed E-state index contributed by atoms with van der Waals surface area (Å²) in [6.07, 6.45) is 2.10. The van der Waals surface area contributed by atoms with E-state index in [4.69, 9.17) is 4.74 Å². The molecule has 11 heteroatoms. The monoisotopic (exact) mass is 537 g/mol. The van der Waals surface area contributed by atoms with Gasteiger partial charge in [0.2, 0.25) is 0 Å². The van der Waals surface area contributed by atoms with E-state index in [0.29, 0.717) is 41.7 Å². The smallest absolute Gasteiger partial charge is 0.407 e. The lowest BCUT2D eigenvalue weighted by Crippen LogP contribution is -2.55. The normalized spacial score (nSPS) is 30.9. The third-order valence-electron chi connectivity index (χ3n) is 7.95. The third-order valence-corrected chi connectivity index (χ3v) is 8.56. The van der Waals surface area contributed by atoms with Gasteiger partial charge in [-0.25, -0.2) is 13.6 Å². The van der Waals surface area contributed by atoms with Crippen molar-refractivity contribution in [1.29, 1.82) is 0 Å². The molecule has 4 fully saturated rings. The molecular weight excluding hydrogens is 512 g/mol. The molecule has 2 bridgehead atoms. The second-order valence-electron chi connectivity index (χ2n) is 9.93. The largest absolute Gasteiger partial charge is 0.465 e. The number of fused-ring (bicyclic) bond motifs is 4. The lowest BCUT2D eigenvalue weighted by Gasteiger charge is -2.40. The van der Waals surface area contributed by atoms with Gasteiger partial charge in [0.05, 0.1) is 22.1 Å². The van der Waals surface area contributed by atoms with E-state index >= 15 is 4.39 Å². The summed E-state index contributed by atoms with van der Waals surface area (Å²) < 4.78 is 35.6. The van der Waals surface area contributed by atoms with E-state index in [1.54, 1.807) is 12.1 Å². The van der Waals surface area contributed by atoms with E-state index in [1.807, 2.05) is 4.90 Å². The van der Waals surface area contributed by atoms with Crippen LogP contribution in [0.4, 0.5) is 19.4 Å². The Bertz CT molecular complexity index is 1140. The molecule has 4 atom stereocenters. The van der Waals surface area contributed by atoms with Crippen LogP contribution in [0.5, 0.6) is 6.01 Å². The first-order valence-electron chi connectivity index (χ1n) is 11.8. The fourth-order valence-electron chi connectivity index (χ4n) is 6.44. The summed E-state index contributed by atoms with van der Waals surface area (Å²) in [5, 5.41) is 10.2. The first-order valence-corrected chi connectivity index (χ1v) is 12.6. The minimum atomic E-state index is -0.901. The highest BCUT2D eigenvalue weighted by molar-refractivity contribution is 9.10. The summed E-state index contributed by atoms with van der Waals surface area (Å²) >= 11 is 3.24. The number of piperazine rings is 1. The first-order chi connectivity index (χ1) is 16.3. The van der Waals surface area contributed by atoms with Gasteiger partial charge >= 0.3 is 12.1 Å². The van der Waals surface area contributed by atoms with E-state index in [9.17, 15) is 14.3 Å². The second kappa shape index (κ2) is 8.15. The van der Waals surface area contributed by atoms with Gasteiger partial charge in [0.25, 0.3) is 0 Å². The lowest BCUT2D eigenvalue weighted by molar-refractivity contribution is 0.107. The predicted molar refractivity (Wildman–Crippen MR) is 125 cm³/mol. The Kier molecular flexibility index (Phi) is 5.32. The van der Waals surface area contributed by atoms with Gasteiger partial charge in [0.15, 0.2) is 5.82 Å². The van der Waals surface area contributed by atoms with Crippen molar-refractivity contribution < 1.29 is 23.4 Å². The summed E-state index contributed by atoms with van der Waals surface area (Å²) in [7, 11) is 0. The Morgan fingerprint density at radius 3 is 2.74 bits per heavy atom. The van der Waals surface area contributed by atoms with Gasteiger partial charge in [0.1, 0.15) is 24.1 Å². The molecule has 2 aromatic rings. The van der Waals surface area contributed by atoms with Crippen molar-refractivity contribution in [2.24, 2.45) is 0 Å². The molecular formula is C23H26BrF2N5O3. The highest BCUT2D eigenvalue weighted by atomic mass is 79.9. The molecule has 1 aromatic heterocycles. The molecule has 4 aliphatic heterocycles. The minimum Gasteiger partial charge on any atom is -0.465 e. The van der Waals surface area contributed by atoms with Crippen LogP contribution >= 0.6 is 15.9 Å². The fourth-order valence-corrected chi connectivity index (χ4v) is 6.76. The number of benzene rings is 1. The van der Waals surface area contributed by atoms with Gasteiger partial charge in [-0.05, 0) is 60.3 Å². The Balaban J connectivity index is 1.34. The van der Waals surface area contributed by atoms with Crippen LogP contribution in [-0.2, 0) is 0 Å². The lowest BCUT2D eigenvalue weighted by atomic mass is 9.95. The van der Waals surface area contributed by atoms with Crippen LogP contribution in [0, 0.1) is 5.82 Å². The number of carboxylic acid groups (broad SMARTS) is 1. The number of carbonyl (C=O) groups is 1. The van der Waals surface area contributed by atoms with Crippen LogP contribution in [0.25, 0.3) is 10.9 Å². The molecule has 1 amide bonds. The van der Waals surface area contributed by atoms with Crippen LogP contribution in [0.1, 0.15) is 32.1 Å². The highest BCUT2D eigenvalue weighted by Gasteiger charge is 2.49. The average molecular weight is 538 g/mol. The number of aromatic nitrogens is 2. The molecule has 1 aromatic carbocycles. The summed E-state index contributed by atoms with van der Waals surface area (Å²) in [4.78, 5) is 26.5. The van der Waals surface area contributed by atoms with Gasteiger partial charge < -0.3 is 14.7 Å². The van der Waals surface area contributed by atoms with Crippen molar-refractivity contribution in [3.63, 3.8) is 0 Å². The molecule has 5 heterocycles. The van der Waals surface area contributed by atoms with Crippen molar-refractivity contribution in [2.75, 3.05) is 37.7 Å². The topological polar surface area (TPSA) is 82.0 Å². The van der Waals surface area contributed by atoms with Gasteiger partial charge in [-0.1, -0.05) is 0 Å². The summed E-state index contributed by atoms with van der Waals surface area (Å²) in [5.74, 6) is 0.0485. The molecule has 182 valence electrons. The molecule has 0 saturated carbocycles. The quantitative estimate of drug-likeness (QED) is 0.634. The van der Waals surface area contributed by atoms with Crippen LogP contribution < -0.4 is 9.64 Å². The number of hydrogen-bond acceptors (Lipinski definition) is 6. The van der Waals surface area contributed by atoms with Crippen molar-refractivity contribution in [3.05, 3.63) is 22.4 Å². The van der Waals surface area contributed by atoms with Crippen LogP contribution in [0.3, 0.4) is 0 Å². The van der Waals surface area contributed by atoms with E-state index in [0.717, 1.165) is 32.2 Å². The molecule has 0 unspecified atom stereocenters. The number of alkyl halides is 1. The Hall–Kier alpha value is -2.27.